The van der Waals surface area contributed by atoms with Crippen molar-refractivity contribution in [2.45, 2.75) is 26.4 Å². The molecular formula is C13H14ClF3N2OS. The largest absolute Gasteiger partial charge is 0.416 e. The number of carbonyl (C=O) groups is 1. The molecule has 0 saturated heterocycles. The summed E-state index contributed by atoms with van der Waals surface area (Å²) in [6, 6.07) is 2.81. The summed E-state index contributed by atoms with van der Waals surface area (Å²) in [7, 11) is 0. The average molecular weight is 339 g/mol. The van der Waals surface area contributed by atoms with Crippen molar-refractivity contribution in [1.29, 1.82) is 0 Å². The summed E-state index contributed by atoms with van der Waals surface area (Å²) in [6.45, 7) is 3.23. The van der Waals surface area contributed by atoms with Crippen LogP contribution in [0.4, 0.5) is 18.9 Å². The smallest absolute Gasteiger partial charge is 0.392 e. The minimum atomic E-state index is -4.55. The molecule has 1 aromatic carbocycles. The molecule has 116 valence electrons. The Bertz CT molecular complexity index is 577. The Morgan fingerprint density at radius 3 is 2.38 bits per heavy atom. The number of halogens is 4. The molecule has 3 nitrogen and oxygen atoms in total. The van der Waals surface area contributed by atoms with Crippen LogP contribution in [0, 0.1) is 5.41 Å². The van der Waals surface area contributed by atoms with E-state index in [-0.39, 0.29) is 15.7 Å². The summed E-state index contributed by atoms with van der Waals surface area (Å²) in [6.07, 6.45) is -4.23. The van der Waals surface area contributed by atoms with Crippen LogP contribution in [-0.2, 0) is 11.0 Å². The number of amides is 1. The molecule has 0 aliphatic carbocycles. The second-order valence-electron chi connectivity index (χ2n) is 4.73. The van der Waals surface area contributed by atoms with Gasteiger partial charge >= 0.3 is 6.18 Å². The Morgan fingerprint density at radius 2 is 1.95 bits per heavy atom. The van der Waals surface area contributed by atoms with Gasteiger partial charge in [-0.2, -0.15) is 13.2 Å². The number of hydrogen-bond acceptors (Lipinski definition) is 2. The molecule has 1 atom stereocenters. The fourth-order valence-corrected chi connectivity index (χ4v) is 2.01. The van der Waals surface area contributed by atoms with Crippen LogP contribution in [0.5, 0.6) is 0 Å². The maximum atomic E-state index is 12.7. The minimum Gasteiger partial charge on any atom is -0.392 e. The highest BCUT2D eigenvalue weighted by atomic mass is 35.5. The summed E-state index contributed by atoms with van der Waals surface area (Å²) in [5, 5.41) is 2.25. The predicted octanol–water partition coefficient (Wildman–Crippen LogP) is 4.00. The third-order valence-electron chi connectivity index (χ3n) is 3.24. The van der Waals surface area contributed by atoms with Crippen molar-refractivity contribution in [3.63, 3.8) is 0 Å². The molecule has 0 fully saturated rings. The van der Waals surface area contributed by atoms with Crippen LogP contribution in [-0.4, -0.2) is 10.9 Å². The summed E-state index contributed by atoms with van der Waals surface area (Å²) in [5.41, 5.74) is 3.38. The second kappa shape index (κ2) is 6.19. The van der Waals surface area contributed by atoms with Crippen LogP contribution < -0.4 is 11.1 Å². The Morgan fingerprint density at radius 1 is 1.38 bits per heavy atom. The van der Waals surface area contributed by atoms with Crippen LogP contribution in [0.15, 0.2) is 18.2 Å². The normalized spacial score (nSPS) is 14.4. The topological polar surface area (TPSA) is 55.1 Å². The maximum absolute atomic E-state index is 12.7. The molecule has 1 unspecified atom stereocenters. The van der Waals surface area contributed by atoms with Gasteiger partial charge in [-0.1, -0.05) is 30.7 Å². The third-order valence-corrected chi connectivity index (χ3v) is 3.90. The first-order valence-electron chi connectivity index (χ1n) is 6.00. The molecule has 0 spiro atoms. The van der Waals surface area contributed by atoms with Crippen molar-refractivity contribution in [3.05, 3.63) is 28.8 Å². The van der Waals surface area contributed by atoms with E-state index in [0.717, 1.165) is 12.1 Å². The Labute approximate surface area is 130 Å². The first-order valence-corrected chi connectivity index (χ1v) is 6.78. The van der Waals surface area contributed by atoms with Gasteiger partial charge in [-0.3, -0.25) is 4.79 Å². The van der Waals surface area contributed by atoms with E-state index in [0.29, 0.717) is 6.42 Å². The molecule has 1 rings (SSSR count). The van der Waals surface area contributed by atoms with E-state index in [1.54, 1.807) is 6.92 Å². The number of benzene rings is 1. The monoisotopic (exact) mass is 338 g/mol. The molecule has 0 radical (unpaired) electrons. The highest BCUT2D eigenvalue weighted by Gasteiger charge is 2.35. The minimum absolute atomic E-state index is 0.0272. The Balaban J connectivity index is 3.12. The van der Waals surface area contributed by atoms with Crippen LogP contribution >= 0.6 is 23.8 Å². The number of hydrogen-bond donors (Lipinski definition) is 2. The van der Waals surface area contributed by atoms with Crippen LogP contribution in [0.2, 0.25) is 5.02 Å². The number of anilines is 1. The van der Waals surface area contributed by atoms with Gasteiger partial charge in [0, 0.05) is 10.7 Å². The molecular weight excluding hydrogens is 325 g/mol. The SMILES string of the molecule is CCC(C)(C(=O)Nc1cc(Cl)cc(C(F)(F)F)c1)C(N)=S. The van der Waals surface area contributed by atoms with Crippen molar-refractivity contribution >= 4 is 40.4 Å². The zero-order chi connectivity index (χ0) is 16.4. The number of nitrogens with two attached hydrogens (primary N) is 1. The van der Waals surface area contributed by atoms with Gasteiger partial charge in [-0.15, -0.1) is 0 Å². The average Bonchev–Trinajstić information content (AvgIpc) is 2.35. The lowest BCUT2D eigenvalue weighted by molar-refractivity contribution is -0.137. The molecule has 1 aromatic rings. The molecule has 8 heteroatoms. The van der Waals surface area contributed by atoms with E-state index in [1.165, 1.54) is 13.0 Å². The Kier molecular flexibility index (Phi) is 5.22. The maximum Gasteiger partial charge on any atom is 0.416 e. The molecule has 21 heavy (non-hydrogen) atoms. The highest BCUT2D eigenvalue weighted by Crippen LogP contribution is 2.34. The van der Waals surface area contributed by atoms with Gasteiger partial charge in [0.25, 0.3) is 0 Å². The molecule has 0 heterocycles. The van der Waals surface area contributed by atoms with E-state index < -0.39 is 23.1 Å². The van der Waals surface area contributed by atoms with Crippen molar-refractivity contribution in [1.82, 2.24) is 0 Å². The van der Waals surface area contributed by atoms with Gasteiger partial charge in [0.15, 0.2) is 0 Å². The van der Waals surface area contributed by atoms with Gasteiger partial charge < -0.3 is 11.1 Å². The number of rotatable bonds is 4. The Hall–Kier alpha value is -1.34. The van der Waals surface area contributed by atoms with Crippen molar-refractivity contribution in [3.8, 4) is 0 Å². The molecule has 0 bridgehead atoms. The molecule has 0 aromatic heterocycles. The van der Waals surface area contributed by atoms with E-state index >= 15 is 0 Å². The first kappa shape index (κ1) is 17.7. The zero-order valence-electron chi connectivity index (χ0n) is 11.3. The zero-order valence-corrected chi connectivity index (χ0v) is 12.9. The summed E-state index contributed by atoms with van der Waals surface area (Å²) in [5.74, 6) is -0.576. The number of nitrogens with one attached hydrogen (secondary N) is 1. The first-order chi connectivity index (χ1) is 9.50. The summed E-state index contributed by atoms with van der Waals surface area (Å²) in [4.78, 5) is 12.1. The van der Waals surface area contributed by atoms with Gasteiger partial charge in [0.2, 0.25) is 5.91 Å². The van der Waals surface area contributed by atoms with E-state index in [9.17, 15) is 18.0 Å². The molecule has 0 aliphatic heterocycles. The lowest BCUT2D eigenvalue weighted by Gasteiger charge is -2.25. The molecule has 0 saturated carbocycles. The lowest BCUT2D eigenvalue weighted by atomic mass is 9.86. The number of thiocarbonyl (C=S) groups is 1. The number of carbonyl (C=O) groups excluding carboxylic acids is 1. The van der Waals surface area contributed by atoms with Crippen LogP contribution in [0.3, 0.4) is 0 Å². The van der Waals surface area contributed by atoms with Gasteiger partial charge in [-0.05, 0) is 31.5 Å². The van der Waals surface area contributed by atoms with Crippen molar-refractivity contribution < 1.29 is 18.0 Å². The van der Waals surface area contributed by atoms with Gasteiger partial charge in [-0.25, -0.2) is 0 Å². The predicted molar refractivity (Wildman–Crippen MR) is 80.3 cm³/mol. The van der Waals surface area contributed by atoms with Crippen molar-refractivity contribution in [2.75, 3.05) is 5.32 Å². The summed E-state index contributed by atoms with van der Waals surface area (Å²) < 4.78 is 38.1. The lowest BCUT2D eigenvalue weighted by Crippen LogP contribution is -2.43. The van der Waals surface area contributed by atoms with Crippen molar-refractivity contribution in [2.24, 2.45) is 11.1 Å². The third kappa shape index (κ3) is 4.07. The van der Waals surface area contributed by atoms with E-state index in [1.807, 2.05) is 0 Å². The molecule has 0 aliphatic rings. The van der Waals surface area contributed by atoms with Crippen LogP contribution in [0.25, 0.3) is 0 Å². The van der Waals surface area contributed by atoms with Gasteiger partial charge in [0.05, 0.1) is 16.0 Å². The number of alkyl halides is 3. The fourth-order valence-electron chi connectivity index (χ4n) is 1.54. The fraction of sp³-hybridized carbons (Fsp3) is 0.385. The quantitative estimate of drug-likeness (QED) is 0.816. The van der Waals surface area contributed by atoms with Crippen LogP contribution in [0.1, 0.15) is 25.8 Å². The standard InChI is InChI=1S/C13H14ClF3N2OS/c1-3-12(2,10(18)21)11(20)19-9-5-7(13(15,16)17)4-8(14)6-9/h4-6H,3H2,1-2H3,(H2,18,21)(H,19,20). The van der Waals surface area contributed by atoms with E-state index in [2.05, 4.69) is 5.32 Å². The summed E-state index contributed by atoms with van der Waals surface area (Å²) >= 11 is 10.5. The molecule has 1 amide bonds. The van der Waals surface area contributed by atoms with Gasteiger partial charge in [0.1, 0.15) is 0 Å². The molecule has 3 N–H and O–H groups in total. The second-order valence-corrected chi connectivity index (χ2v) is 5.61. The van der Waals surface area contributed by atoms with E-state index in [4.69, 9.17) is 29.6 Å². The highest BCUT2D eigenvalue weighted by molar-refractivity contribution is 7.80.